The smallest absolute Gasteiger partial charge is 0.303 e. The average Bonchev–Trinajstić information content (AvgIpc) is 2.80. The van der Waals surface area contributed by atoms with Gasteiger partial charge in [-0.25, -0.2) is 0 Å². The first-order valence-electron chi connectivity index (χ1n) is 11.9. The minimum absolute atomic E-state index is 0.126. The number of ether oxygens (including phenoxy) is 1. The van der Waals surface area contributed by atoms with Crippen molar-refractivity contribution in [3.8, 4) is 5.75 Å². The van der Waals surface area contributed by atoms with Gasteiger partial charge in [0.15, 0.2) is 0 Å². The first-order chi connectivity index (χ1) is 15.6. The fraction of sp³-hybridized carbons (Fsp3) is 0.481. The highest BCUT2D eigenvalue weighted by atomic mass is 16.5. The zero-order chi connectivity index (χ0) is 22.9. The van der Waals surface area contributed by atoms with Crippen molar-refractivity contribution >= 4 is 11.9 Å². The van der Waals surface area contributed by atoms with E-state index in [0.29, 0.717) is 19.6 Å². The Morgan fingerprint density at radius 3 is 1.94 bits per heavy atom. The van der Waals surface area contributed by atoms with E-state index in [2.05, 4.69) is 5.32 Å². The third-order valence-electron chi connectivity index (χ3n) is 5.45. The van der Waals surface area contributed by atoms with Crippen LogP contribution in [-0.4, -0.2) is 23.5 Å². The van der Waals surface area contributed by atoms with E-state index in [-0.39, 0.29) is 12.3 Å². The lowest BCUT2D eigenvalue weighted by Gasteiger charge is -2.08. The number of carbonyl (C=O) groups excluding carboxylic acids is 1. The molecule has 2 rings (SSSR count). The van der Waals surface area contributed by atoms with Gasteiger partial charge in [0.05, 0.1) is 0 Å². The lowest BCUT2D eigenvalue weighted by Crippen LogP contribution is -2.25. The number of hydrogen-bond donors (Lipinski definition) is 2. The van der Waals surface area contributed by atoms with Crippen molar-refractivity contribution in [2.24, 2.45) is 0 Å². The lowest BCUT2D eigenvalue weighted by molar-refractivity contribution is -0.137. The summed E-state index contributed by atoms with van der Waals surface area (Å²) in [5, 5.41) is 11.6. The van der Waals surface area contributed by atoms with E-state index in [1.165, 1.54) is 12.0 Å². The molecule has 32 heavy (non-hydrogen) atoms. The molecule has 5 nitrogen and oxygen atoms in total. The number of nitrogens with one attached hydrogen (secondary N) is 1. The zero-order valence-corrected chi connectivity index (χ0v) is 19.1. The van der Waals surface area contributed by atoms with Gasteiger partial charge in [-0.2, -0.15) is 0 Å². The van der Waals surface area contributed by atoms with Crippen molar-refractivity contribution in [1.29, 1.82) is 0 Å². The molecule has 0 aliphatic rings. The second-order valence-corrected chi connectivity index (χ2v) is 8.24. The summed E-state index contributed by atoms with van der Waals surface area (Å²) in [4.78, 5) is 22.4. The molecule has 0 heterocycles. The fourth-order valence-corrected chi connectivity index (χ4v) is 3.55. The van der Waals surface area contributed by atoms with Crippen molar-refractivity contribution in [2.45, 2.75) is 77.2 Å². The Morgan fingerprint density at radius 2 is 1.31 bits per heavy atom. The molecule has 0 saturated carbocycles. The summed E-state index contributed by atoms with van der Waals surface area (Å²) in [5.41, 5.74) is 2.33. The number of carboxylic acids is 1. The van der Waals surface area contributed by atoms with Crippen LogP contribution in [-0.2, 0) is 22.6 Å². The van der Waals surface area contributed by atoms with Crippen LogP contribution in [0.4, 0.5) is 0 Å². The Kier molecular flexibility index (Phi) is 12.6. The molecule has 0 aliphatic carbocycles. The monoisotopic (exact) mass is 439 g/mol. The van der Waals surface area contributed by atoms with E-state index in [1.54, 1.807) is 0 Å². The van der Waals surface area contributed by atoms with Gasteiger partial charge in [0.25, 0.3) is 0 Å². The molecule has 174 valence electrons. The summed E-state index contributed by atoms with van der Waals surface area (Å²) >= 11 is 0. The highest BCUT2D eigenvalue weighted by Crippen LogP contribution is 2.15. The standard InChI is InChI=1S/C27H37NO4/c29-26(14-10-5-3-1-2-4-6-11-15-27(30)31)28-21-20-23-16-18-25(19-17-23)32-22-24-12-8-7-9-13-24/h7-9,12-13,16-19H,1-6,10-11,14-15,20-22H2,(H,28,29)(H,30,31). The van der Waals surface area contributed by atoms with E-state index in [9.17, 15) is 9.59 Å². The molecule has 0 aliphatic heterocycles. The topological polar surface area (TPSA) is 75.6 Å². The summed E-state index contributed by atoms with van der Waals surface area (Å²) in [7, 11) is 0. The van der Waals surface area contributed by atoms with E-state index < -0.39 is 5.97 Å². The van der Waals surface area contributed by atoms with Gasteiger partial charge in [-0.1, -0.05) is 81.0 Å². The van der Waals surface area contributed by atoms with E-state index >= 15 is 0 Å². The Labute approximate surface area is 192 Å². The van der Waals surface area contributed by atoms with Gasteiger partial charge in [-0.3, -0.25) is 9.59 Å². The molecule has 5 heteroatoms. The highest BCUT2D eigenvalue weighted by Gasteiger charge is 2.02. The first-order valence-corrected chi connectivity index (χ1v) is 11.9. The van der Waals surface area contributed by atoms with E-state index in [0.717, 1.165) is 62.7 Å². The molecule has 2 N–H and O–H groups in total. The van der Waals surface area contributed by atoms with Crippen molar-refractivity contribution in [3.63, 3.8) is 0 Å². The van der Waals surface area contributed by atoms with Gasteiger partial charge in [0, 0.05) is 19.4 Å². The third-order valence-corrected chi connectivity index (χ3v) is 5.45. The van der Waals surface area contributed by atoms with Crippen LogP contribution in [0.5, 0.6) is 5.75 Å². The Bertz CT molecular complexity index is 774. The maximum absolute atomic E-state index is 12.0. The van der Waals surface area contributed by atoms with Gasteiger partial charge < -0.3 is 15.2 Å². The van der Waals surface area contributed by atoms with Crippen molar-refractivity contribution in [3.05, 3.63) is 65.7 Å². The van der Waals surface area contributed by atoms with Crippen LogP contribution in [0.3, 0.4) is 0 Å². The number of benzene rings is 2. The largest absolute Gasteiger partial charge is 0.489 e. The molecule has 0 saturated heterocycles. The quantitative estimate of drug-likeness (QED) is 0.300. The van der Waals surface area contributed by atoms with E-state index in [4.69, 9.17) is 9.84 Å². The number of amides is 1. The van der Waals surface area contributed by atoms with Crippen LogP contribution in [0.1, 0.15) is 75.3 Å². The molecular weight excluding hydrogens is 402 g/mol. The fourth-order valence-electron chi connectivity index (χ4n) is 3.55. The second kappa shape index (κ2) is 15.9. The minimum atomic E-state index is -0.703. The SMILES string of the molecule is O=C(O)CCCCCCCCCCC(=O)NCCc1ccc(OCc2ccccc2)cc1. The number of hydrogen-bond acceptors (Lipinski definition) is 3. The molecule has 0 unspecified atom stereocenters. The second-order valence-electron chi connectivity index (χ2n) is 8.24. The van der Waals surface area contributed by atoms with E-state index in [1.807, 2.05) is 54.6 Å². The molecule has 2 aromatic rings. The first kappa shape index (κ1) is 25.4. The summed E-state index contributed by atoms with van der Waals surface area (Å²) in [5.74, 6) is 0.272. The van der Waals surface area contributed by atoms with Gasteiger partial charge in [0.2, 0.25) is 5.91 Å². The van der Waals surface area contributed by atoms with Crippen LogP contribution in [0.2, 0.25) is 0 Å². The van der Waals surface area contributed by atoms with Crippen molar-refractivity contribution in [2.75, 3.05) is 6.54 Å². The average molecular weight is 440 g/mol. The van der Waals surface area contributed by atoms with Gasteiger partial charge in [-0.15, -0.1) is 0 Å². The third kappa shape index (κ3) is 12.1. The predicted molar refractivity (Wildman–Crippen MR) is 128 cm³/mol. The van der Waals surface area contributed by atoms with Gasteiger partial charge in [0.1, 0.15) is 12.4 Å². The van der Waals surface area contributed by atoms with Crippen LogP contribution in [0.15, 0.2) is 54.6 Å². The molecule has 1 amide bonds. The van der Waals surface area contributed by atoms with Crippen LogP contribution in [0.25, 0.3) is 0 Å². The van der Waals surface area contributed by atoms with Crippen LogP contribution >= 0.6 is 0 Å². The molecule has 0 atom stereocenters. The molecule has 0 aromatic heterocycles. The molecule has 2 aromatic carbocycles. The molecular formula is C27H37NO4. The number of carbonyl (C=O) groups is 2. The van der Waals surface area contributed by atoms with Crippen molar-refractivity contribution in [1.82, 2.24) is 5.32 Å². The maximum Gasteiger partial charge on any atom is 0.303 e. The highest BCUT2D eigenvalue weighted by molar-refractivity contribution is 5.75. The molecule has 0 spiro atoms. The number of unbranched alkanes of at least 4 members (excludes halogenated alkanes) is 7. The lowest BCUT2D eigenvalue weighted by atomic mass is 10.1. The van der Waals surface area contributed by atoms with Gasteiger partial charge >= 0.3 is 5.97 Å². The Balaban J connectivity index is 1.45. The summed E-state index contributed by atoms with van der Waals surface area (Å²) < 4.78 is 5.80. The normalized spacial score (nSPS) is 10.6. The van der Waals surface area contributed by atoms with Crippen molar-refractivity contribution < 1.29 is 19.4 Å². The number of rotatable bonds is 17. The number of carboxylic acid groups (broad SMARTS) is 1. The summed E-state index contributed by atoms with van der Waals surface area (Å²) in [6, 6.07) is 18.2. The minimum Gasteiger partial charge on any atom is -0.489 e. The van der Waals surface area contributed by atoms with Crippen LogP contribution in [0, 0.1) is 0 Å². The summed E-state index contributed by atoms with van der Waals surface area (Å²) in [6.45, 7) is 1.21. The Morgan fingerprint density at radius 1 is 0.719 bits per heavy atom. The zero-order valence-electron chi connectivity index (χ0n) is 19.1. The molecule has 0 fully saturated rings. The maximum atomic E-state index is 12.0. The molecule has 0 radical (unpaired) electrons. The number of aliphatic carboxylic acids is 1. The molecule has 0 bridgehead atoms. The van der Waals surface area contributed by atoms with Crippen LogP contribution < -0.4 is 10.1 Å². The summed E-state index contributed by atoms with van der Waals surface area (Å²) in [6.07, 6.45) is 10.0. The predicted octanol–water partition coefficient (Wildman–Crippen LogP) is 5.91. The Hall–Kier alpha value is -2.82. The van der Waals surface area contributed by atoms with Gasteiger partial charge in [-0.05, 0) is 42.5 Å².